The molecule has 0 aliphatic heterocycles. The molecule has 3 heterocycles. The number of hydrogen-bond donors (Lipinski definition) is 4. The van der Waals surface area contributed by atoms with Crippen molar-refractivity contribution < 1.29 is 4.79 Å². The van der Waals surface area contributed by atoms with Gasteiger partial charge in [-0.05, 0) is 36.8 Å². The summed E-state index contributed by atoms with van der Waals surface area (Å²) in [6, 6.07) is 9.25. The number of anilines is 4. The van der Waals surface area contributed by atoms with Crippen LogP contribution in [0.4, 0.5) is 22.5 Å². The molecular weight excluding hydrogens is 376 g/mol. The average molecular weight is 392 g/mol. The van der Waals surface area contributed by atoms with Crippen molar-refractivity contribution in [2.24, 2.45) is 0 Å². The molecule has 9 nitrogen and oxygen atoms in total. The van der Waals surface area contributed by atoms with E-state index in [0.29, 0.717) is 16.5 Å². The topological polar surface area (TPSA) is 131 Å². The second kappa shape index (κ2) is 7.45. The zero-order valence-corrected chi connectivity index (χ0v) is 15.6. The molecule has 0 radical (unpaired) electrons. The van der Waals surface area contributed by atoms with E-state index in [1.807, 2.05) is 19.1 Å². The van der Waals surface area contributed by atoms with E-state index in [0.717, 1.165) is 10.2 Å². The number of hydrogen-bond acceptors (Lipinski definition) is 9. The molecule has 140 valence electrons. The summed E-state index contributed by atoms with van der Waals surface area (Å²) >= 11 is 1.50. The lowest BCUT2D eigenvalue weighted by molar-refractivity contribution is 0.0962. The number of rotatable bonds is 5. The lowest BCUT2D eigenvalue weighted by Gasteiger charge is -2.12. The van der Waals surface area contributed by atoms with Crippen molar-refractivity contribution >= 4 is 49.9 Å². The Labute approximate surface area is 164 Å². The smallest absolute Gasteiger partial charge is 0.269 e. The third kappa shape index (κ3) is 3.67. The van der Waals surface area contributed by atoms with Crippen LogP contribution in [0.15, 0.2) is 49.1 Å². The number of hydrazine groups is 1. The molecule has 1 aromatic carbocycles. The zero-order chi connectivity index (χ0) is 19.5. The molecule has 28 heavy (non-hydrogen) atoms. The van der Waals surface area contributed by atoms with E-state index >= 15 is 0 Å². The molecule has 0 saturated carbocycles. The second-order valence-corrected chi connectivity index (χ2v) is 6.95. The Morgan fingerprint density at radius 1 is 1.11 bits per heavy atom. The molecule has 3 aromatic heterocycles. The van der Waals surface area contributed by atoms with E-state index in [-0.39, 0.29) is 17.4 Å². The zero-order valence-electron chi connectivity index (χ0n) is 14.8. The van der Waals surface area contributed by atoms with E-state index in [1.54, 1.807) is 12.1 Å². The van der Waals surface area contributed by atoms with Crippen LogP contribution < -0.4 is 21.9 Å². The Balaban J connectivity index is 1.50. The van der Waals surface area contributed by atoms with Gasteiger partial charge in [0, 0.05) is 18.0 Å². The van der Waals surface area contributed by atoms with Crippen LogP contribution in [0.25, 0.3) is 10.2 Å². The van der Waals surface area contributed by atoms with Gasteiger partial charge >= 0.3 is 0 Å². The molecule has 0 fully saturated rings. The first-order valence-electron chi connectivity index (χ1n) is 8.31. The number of nitrogen functional groups attached to an aromatic ring is 1. The van der Waals surface area contributed by atoms with Crippen molar-refractivity contribution in [3.05, 3.63) is 60.2 Å². The monoisotopic (exact) mass is 392 g/mol. The van der Waals surface area contributed by atoms with E-state index in [9.17, 15) is 4.79 Å². The minimum atomic E-state index is -0.337. The van der Waals surface area contributed by atoms with E-state index in [4.69, 9.17) is 5.73 Å². The summed E-state index contributed by atoms with van der Waals surface area (Å²) in [5, 5.41) is 3.78. The van der Waals surface area contributed by atoms with Crippen LogP contribution in [0.5, 0.6) is 0 Å². The first-order chi connectivity index (χ1) is 13.6. The van der Waals surface area contributed by atoms with Crippen LogP contribution in [0.3, 0.4) is 0 Å². The van der Waals surface area contributed by atoms with Crippen molar-refractivity contribution in [2.75, 3.05) is 16.5 Å². The van der Waals surface area contributed by atoms with Gasteiger partial charge in [-0.25, -0.2) is 15.0 Å². The number of nitrogens with one attached hydrogen (secondary N) is 3. The molecule has 4 aromatic rings. The van der Waals surface area contributed by atoms with Crippen LogP contribution in [0, 0.1) is 6.92 Å². The van der Waals surface area contributed by atoms with Crippen molar-refractivity contribution in [2.45, 2.75) is 6.92 Å². The van der Waals surface area contributed by atoms with Gasteiger partial charge in [0.1, 0.15) is 12.0 Å². The maximum Gasteiger partial charge on any atom is 0.269 e. The largest absolute Gasteiger partial charge is 0.393 e. The maximum atomic E-state index is 12.1. The summed E-state index contributed by atoms with van der Waals surface area (Å²) < 4.78 is 1.07. The lowest BCUT2D eigenvalue weighted by Crippen LogP contribution is -2.30. The number of nitrogens with two attached hydrogens (primary N) is 1. The number of carbonyl (C=O) groups excluding carboxylic acids is 1. The fourth-order valence-corrected chi connectivity index (χ4v) is 3.44. The van der Waals surface area contributed by atoms with Crippen LogP contribution in [-0.2, 0) is 0 Å². The number of benzene rings is 1. The average Bonchev–Trinajstić information content (AvgIpc) is 3.10. The number of nitrogens with zero attached hydrogens (tertiary/aromatic N) is 4. The van der Waals surface area contributed by atoms with Crippen molar-refractivity contribution in [1.29, 1.82) is 0 Å². The molecule has 0 aliphatic rings. The number of thiazole rings is 1. The normalized spacial score (nSPS) is 10.6. The Hall–Kier alpha value is -3.79. The molecule has 0 bridgehead atoms. The van der Waals surface area contributed by atoms with Gasteiger partial charge in [0.15, 0.2) is 16.8 Å². The SMILES string of the molecule is Cc1ccc2nc(Nc3ncnc(NNC(=O)c4ccncc4)c3N)sc2c1. The predicted octanol–water partition coefficient (Wildman–Crippen LogP) is 2.87. The van der Waals surface area contributed by atoms with Gasteiger partial charge in [-0.1, -0.05) is 17.4 Å². The van der Waals surface area contributed by atoms with Crippen LogP contribution in [0.1, 0.15) is 15.9 Å². The van der Waals surface area contributed by atoms with Gasteiger partial charge in [0.2, 0.25) is 0 Å². The molecule has 10 heteroatoms. The van der Waals surface area contributed by atoms with Crippen molar-refractivity contribution in [3.8, 4) is 0 Å². The third-order valence-corrected chi connectivity index (χ3v) is 4.82. The van der Waals surface area contributed by atoms with Gasteiger partial charge in [-0.2, -0.15) is 0 Å². The summed E-state index contributed by atoms with van der Waals surface area (Å²) in [5.41, 5.74) is 14.2. The van der Waals surface area contributed by atoms with Gasteiger partial charge in [-0.15, -0.1) is 0 Å². The maximum absolute atomic E-state index is 12.1. The number of fused-ring (bicyclic) bond motifs is 1. The highest BCUT2D eigenvalue weighted by Gasteiger charge is 2.12. The van der Waals surface area contributed by atoms with E-state index in [1.165, 1.54) is 35.6 Å². The first kappa shape index (κ1) is 17.6. The second-order valence-electron chi connectivity index (χ2n) is 5.91. The summed E-state index contributed by atoms with van der Waals surface area (Å²) in [5.74, 6) is 0.333. The number of aromatic nitrogens is 4. The van der Waals surface area contributed by atoms with Crippen LogP contribution >= 0.6 is 11.3 Å². The summed E-state index contributed by atoms with van der Waals surface area (Å²) in [6.07, 6.45) is 4.42. The van der Waals surface area contributed by atoms with E-state index in [2.05, 4.69) is 42.2 Å². The summed E-state index contributed by atoms with van der Waals surface area (Å²) in [4.78, 5) is 28.8. The first-order valence-corrected chi connectivity index (χ1v) is 9.13. The highest BCUT2D eigenvalue weighted by Crippen LogP contribution is 2.31. The molecule has 0 aliphatic carbocycles. The minimum absolute atomic E-state index is 0.257. The highest BCUT2D eigenvalue weighted by atomic mass is 32.1. The van der Waals surface area contributed by atoms with Crippen molar-refractivity contribution in [1.82, 2.24) is 25.4 Å². The predicted molar refractivity (Wildman–Crippen MR) is 109 cm³/mol. The minimum Gasteiger partial charge on any atom is -0.393 e. The Morgan fingerprint density at radius 3 is 2.71 bits per heavy atom. The molecule has 0 spiro atoms. The molecule has 0 atom stereocenters. The molecular formula is C18H16N8OS. The van der Waals surface area contributed by atoms with Crippen molar-refractivity contribution in [3.63, 3.8) is 0 Å². The van der Waals surface area contributed by atoms with Crippen LogP contribution in [0.2, 0.25) is 0 Å². The highest BCUT2D eigenvalue weighted by molar-refractivity contribution is 7.22. The van der Waals surface area contributed by atoms with Gasteiger partial charge in [0.25, 0.3) is 5.91 Å². The fourth-order valence-electron chi connectivity index (χ4n) is 2.47. The number of pyridine rings is 1. The molecule has 0 saturated heterocycles. The molecule has 4 rings (SSSR count). The Bertz CT molecular complexity index is 1150. The molecule has 0 unspecified atom stereocenters. The van der Waals surface area contributed by atoms with Gasteiger partial charge in [-0.3, -0.25) is 20.6 Å². The molecule has 1 amide bonds. The Kier molecular flexibility index (Phi) is 4.68. The van der Waals surface area contributed by atoms with Gasteiger partial charge < -0.3 is 11.1 Å². The number of amides is 1. The Morgan fingerprint density at radius 2 is 1.89 bits per heavy atom. The number of carbonyl (C=O) groups is 1. The van der Waals surface area contributed by atoms with Crippen LogP contribution in [-0.4, -0.2) is 25.8 Å². The summed E-state index contributed by atoms with van der Waals surface area (Å²) in [7, 11) is 0. The van der Waals surface area contributed by atoms with Gasteiger partial charge in [0.05, 0.1) is 10.2 Å². The lowest BCUT2D eigenvalue weighted by atomic mass is 10.2. The fraction of sp³-hybridized carbons (Fsp3) is 0.0556. The third-order valence-electron chi connectivity index (χ3n) is 3.89. The quantitative estimate of drug-likeness (QED) is 0.381. The van der Waals surface area contributed by atoms with E-state index < -0.39 is 0 Å². The standard InChI is InChI=1S/C18H16N8OS/c1-10-2-3-12-13(8-10)28-18(23-12)24-15-14(19)16(22-9-21-15)25-26-17(27)11-4-6-20-7-5-11/h2-9H,19H2,1H3,(H,26,27)(H2,21,22,23,24,25). The molecule has 5 N–H and O–H groups in total. The summed E-state index contributed by atoms with van der Waals surface area (Å²) in [6.45, 7) is 2.03. The number of aryl methyl sites for hydroxylation is 1.